The van der Waals surface area contributed by atoms with E-state index in [1.165, 1.54) is 0 Å². The lowest BCUT2D eigenvalue weighted by Crippen LogP contribution is -2.18. The predicted octanol–water partition coefficient (Wildman–Crippen LogP) is 3.46. The lowest BCUT2D eigenvalue weighted by atomic mass is 10.2. The number of ether oxygens (including phenoxy) is 2. The van der Waals surface area contributed by atoms with Gasteiger partial charge in [-0.25, -0.2) is 0 Å². The Labute approximate surface area is 134 Å². The molecule has 1 aliphatic rings. The molecule has 1 aromatic carbocycles. The van der Waals surface area contributed by atoms with Gasteiger partial charge >= 0.3 is 0 Å². The molecule has 2 aromatic rings. The second-order valence-electron chi connectivity index (χ2n) is 4.58. The Morgan fingerprint density at radius 1 is 1.29 bits per heavy atom. The minimum absolute atomic E-state index is 0.248. The van der Waals surface area contributed by atoms with E-state index in [2.05, 4.69) is 21.2 Å². The Balaban J connectivity index is 1.87. The highest BCUT2D eigenvalue weighted by atomic mass is 79.9. The number of benzene rings is 1. The van der Waals surface area contributed by atoms with E-state index < -0.39 is 0 Å². The zero-order chi connectivity index (χ0) is 15.0. The Morgan fingerprint density at radius 3 is 2.57 bits per heavy atom. The zero-order valence-electron chi connectivity index (χ0n) is 11.2. The number of amides is 1. The Bertz CT molecular complexity index is 714. The maximum atomic E-state index is 12.3. The van der Waals surface area contributed by atoms with Gasteiger partial charge in [-0.1, -0.05) is 11.6 Å². The molecule has 0 bridgehead atoms. The molecule has 0 radical (unpaired) electrons. The maximum Gasteiger partial charge on any atom is 0.272 e. The first-order valence-corrected chi connectivity index (χ1v) is 7.44. The van der Waals surface area contributed by atoms with Crippen LogP contribution in [0.15, 0.2) is 28.9 Å². The SMILES string of the molecule is Cn1cc(Br)cc1C(=O)Nc1cc2c(cc1Cl)OCCO2. The van der Waals surface area contributed by atoms with Crippen molar-refractivity contribution < 1.29 is 14.3 Å². The molecular formula is C14H12BrClN2O3. The molecule has 110 valence electrons. The summed E-state index contributed by atoms with van der Waals surface area (Å²) in [6.45, 7) is 0.971. The van der Waals surface area contributed by atoms with Crippen molar-refractivity contribution in [2.24, 2.45) is 7.05 Å². The average molecular weight is 372 g/mol. The van der Waals surface area contributed by atoms with Gasteiger partial charge in [0.25, 0.3) is 5.91 Å². The summed E-state index contributed by atoms with van der Waals surface area (Å²) in [5.74, 6) is 0.918. The number of hydrogen-bond acceptors (Lipinski definition) is 3. The number of carbonyl (C=O) groups excluding carboxylic acids is 1. The van der Waals surface area contributed by atoms with Gasteiger partial charge in [0.1, 0.15) is 18.9 Å². The molecular weight excluding hydrogens is 360 g/mol. The van der Waals surface area contributed by atoms with E-state index in [1.807, 2.05) is 0 Å². The first kappa shape index (κ1) is 14.3. The summed E-state index contributed by atoms with van der Waals surface area (Å²) >= 11 is 9.51. The molecule has 5 nitrogen and oxygen atoms in total. The number of aryl methyl sites for hydroxylation is 1. The number of anilines is 1. The summed E-state index contributed by atoms with van der Waals surface area (Å²) in [6, 6.07) is 5.06. The number of fused-ring (bicyclic) bond motifs is 1. The standard InChI is InChI=1S/C14H12BrClN2O3/c1-18-7-8(15)4-11(18)14(19)17-10-6-13-12(5-9(10)16)20-2-3-21-13/h4-7H,2-3H2,1H3,(H,17,19). The van der Waals surface area contributed by atoms with Crippen molar-refractivity contribution in [2.75, 3.05) is 18.5 Å². The van der Waals surface area contributed by atoms with E-state index in [0.717, 1.165) is 4.47 Å². The van der Waals surface area contributed by atoms with Crippen molar-refractivity contribution in [1.82, 2.24) is 4.57 Å². The molecule has 1 aromatic heterocycles. The van der Waals surface area contributed by atoms with Gasteiger partial charge in [0.05, 0.1) is 10.7 Å². The van der Waals surface area contributed by atoms with Gasteiger partial charge in [0.15, 0.2) is 11.5 Å². The first-order chi connectivity index (χ1) is 10.0. The second kappa shape index (κ2) is 5.61. The summed E-state index contributed by atoms with van der Waals surface area (Å²) in [6.07, 6.45) is 1.81. The molecule has 21 heavy (non-hydrogen) atoms. The largest absolute Gasteiger partial charge is 0.486 e. The van der Waals surface area contributed by atoms with E-state index in [4.69, 9.17) is 21.1 Å². The third-order valence-electron chi connectivity index (χ3n) is 3.08. The molecule has 3 rings (SSSR count). The molecule has 1 N–H and O–H groups in total. The molecule has 1 amide bonds. The fourth-order valence-electron chi connectivity index (χ4n) is 2.10. The number of rotatable bonds is 2. The molecule has 2 heterocycles. The van der Waals surface area contributed by atoms with Gasteiger partial charge in [-0.05, 0) is 22.0 Å². The number of carbonyl (C=O) groups is 1. The lowest BCUT2D eigenvalue weighted by molar-refractivity contribution is 0.101. The van der Waals surface area contributed by atoms with Gasteiger partial charge in [0, 0.05) is 29.8 Å². The Kier molecular flexibility index (Phi) is 3.82. The van der Waals surface area contributed by atoms with Crippen molar-refractivity contribution >= 4 is 39.1 Å². The Morgan fingerprint density at radius 2 is 1.95 bits per heavy atom. The third-order valence-corrected chi connectivity index (χ3v) is 3.83. The smallest absolute Gasteiger partial charge is 0.272 e. The van der Waals surface area contributed by atoms with E-state index in [9.17, 15) is 4.79 Å². The monoisotopic (exact) mass is 370 g/mol. The predicted molar refractivity (Wildman–Crippen MR) is 83.5 cm³/mol. The maximum absolute atomic E-state index is 12.3. The minimum atomic E-state index is -0.248. The Hall–Kier alpha value is -1.66. The van der Waals surface area contributed by atoms with Crippen LogP contribution < -0.4 is 14.8 Å². The van der Waals surface area contributed by atoms with Gasteiger partial charge in [-0.2, -0.15) is 0 Å². The number of nitrogens with one attached hydrogen (secondary N) is 1. The van der Waals surface area contributed by atoms with Crippen molar-refractivity contribution in [2.45, 2.75) is 0 Å². The molecule has 0 saturated carbocycles. The molecule has 1 aliphatic heterocycles. The van der Waals surface area contributed by atoms with Crippen LogP contribution in [0.4, 0.5) is 5.69 Å². The molecule has 0 spiro atoms. The average Bonchev–Trinajstić information content (AvgIpc) is 2.78. The van der Waals surface area contributed by atoms with Gasteiger partial charge < -0.3 is 19.4 Å². The molecule has 0 saturated heterocycles. The van der Waals surface area contributed by atoms with Crippen LogP contribution in [0.5, 0.6) is 11.5 Å². The molecule has 7 heteroatoms. The van der Waals surface area contributed by atoms with Gasteiger partial charge in [0.2, 0.25) is 0 Å². The minimum Gasteiger partial charge on any atom is -0.486 e. The van der Waals surface area contributed by atoms with Crippen LogP contribution in [-0.4, -0.2) is 23.7 Å². The van der Waals surface area contributed by atoms with Gasteiger partial charge in [-0.3, -0.25) is 4.79 Å². The summed E-state index contributed by atoms with van der Waals surface area (Å²) < 4.78 is 13.5. The number of nitrogens with zero attached hydrogens (tertiary/aromatic N) is 1. The summed E-state index contributed by atoms with van der Waals surface area (Å²) in [5, 5.41) is 3.19. The van der Waals surface area contributed by atoms with Crippen LogP contribution in [0.25, 0.3) is 0 Å². The van der Waals surface area contributed by atoms with Crippen LogP contribution in [-0.2, 0) is 7.05 Å². The molecule has 0 unspecified atom stereocenters. The van der Waals surface area contributed by atoms with Crippen molar-refractivity contribution in [3.63, 3.8) is 0 Å². The quantitative estimate of drug-likeness (QED) is 0.879. The van der Waals surface area contributed by atoms with Crippen molar-refractivity contribution in [3.8, 4) is 11.5 Å². The first-order valence-electron chi connectivity index (χ1n) is 6.27. The molecule has 0 fully saturated rings. The van der Waals surface area contributed by atoms with E-state index in [1.54, 1.807) is 36.0 Å². The van der Waals surface area contributed by atoms with Crippen LogP contribution in [0.3, 0.4) is 0 Å². The zero-order valence-corrected chi connectivity index (χ0v) is 13.5. The van der Waals surface area contributed by atoms with Crippen LogP contribution in [0, 0.1) is 0 Å². The normalized spacial score (nSPS) is 13.1. The van der Waals surface area contributed by atoms with Crippen LogP contribution in [0.2, 0.25) is 5.02 Å². The van der Waals surface area contributed by atoms with E-state index in [-0.39, 0.29) is 5.91 Å². The van der Waals surface area contributed by atoms with Crippen LogP contribution in [0.1, 0.15) is 10.5 Å². The highest BCUT2D eigenvalue weighted by molar-refractivity contribution is 9.10. The lowest BCUT2D eigenvalue weighted by Gasteiger charge is -2.20. The van der Waals surface area contributed by atoms with E-state index in [0.29, 0.717) is 41.1 Å². The highest BCUT2D eigenvalue weighted by Gasteiger charge is 2.18. The topological polar surface area (TPSA) is 52.5 Å². The molecule has 0 aliphatic carbocycles. The summed E-state index contributed by atoms with van der Waals surface area (Å²) in [4.78, 5) is 12.3. The number of hydrogen-bond donors (Lipinski definition) is 1. The van der Waals surface area contributed by atoms with Gasteiger partial charge in [-0.15, -0.1) is 0 Å². The third kappa shape index (κ3) is 2.87. The van der Waals surface area contributed by atoms with Crippen molar-refractivity contribution in [1.29, 1.82) is 0 Å². The number of halogens is 2. The van der Waals surface area contributed by atoms with Crippen molar-refractivity contribution in [3.05, 3.63) is 39.6 Å². The summed E-state index contributed by atoms with van der Waals surface area (Å²) in [7, 11) is 1.80. The summed E-state index contributed by atoms with van der Waals surface area (Å²) in [5.41, 5.74) is 1.01. The number of aromatic nitrogens is 1. The fourth-order valence-corrected chi connectivity index (χ4v) is 2.82. The fraction of sp³-hybridized carbons (Fsp3) is 0.214. The molecule has 0 atom stereocenters. The second-order valence-corrected chi connectivity index (χ2v) is 5.91. The highest BCUT2D eigenvalue weighted by Crippen LogP contribution is 2.38. The van der Waals surface area contributed by atoms with E-state index >= 15 is 0 Å². The van der Waals surface area contributed by atoms with Crippen LogP contribution >= 0.6 is 27.5 Å².